The Bertz CT molecular complexity index is 1470. The second kappa shape index (κ2) is 20.6. The van der Waals surface area contributed by atoms with Crippen LogP contribution in [0.15, 0.2) is 89.7 Å². The second-order valence-electron chi connectivity index (χ2n) is 6.59. The van der Waals surface area contributed by atoms with Crippen LogP contribution in [0.5, 0.6) is 0 Å². The van der Waals surface area contributed by atoms with E-state index in [-0.39, 0.29) is 21.1 Å². The van der Waals surface area contributed by atoms with Gasteiger partial charge in [-0.1, -0.05) is 24.3 Å². The molecule has 10 nitrogen and oxygen atoms in total. The van der Waals surface area contributed by atoms with Gasteiger partial charge in [0.05, 0.1) is 34.3 Å². The van der Waals surface area contributed by atoms with Crippen LogP contribution in [0.3, 0.4) is 0 Å². The number of para-hydroxylation sites is 2. The predicted molar refractivity (Wildman–Crippen MR) is 163 cm³/mol. The molecule has 0 amide bonds. The minimum atomic E-state index is -0.152. The van der Waals surface area contributed by atoms with Crippen LogP contribution < -0.4 is 33.2 Å². The molecule has 0 saturated heterocycles. The fourth-order valence-electron chi connectivity index (χ4n) is 2.69. The van der Waals surface area contributed by atoms with Crippen LogP contribution in [0.25, 0.3) is 21.9 Å². The van der Waals surface area contributed by atoms with Gasteiger partial charge in [-0.05, 0) is 48.7 Å². The summed E-state index contributed by atoms with van der Waals surface area (Å²) in [4.78, 5) is 23.9. The molecule has 0 spiro atoms. The molecule has 2 heterocycles. The molecule has 0 fully saturated rings. The maximum atomic E-state index is 12.0. The third-order valence-corrected chi connectivity index (χ3v) is 4.35. The van der Waals surface area contributed by atoms with Gasteiger partial charge in [-0.15, -0.1) is 0 Å². The molecule has 0 bridgehead atoms. The Labute approximate surface area is 267 Å². The van der Waals surface area contributed by atoms with E-state index in [2.05, 4.69) is 85.9 Å². The summed E-state index contributed by atoms with van der Waals surface area (Å²) < 4.78 is 10.6. The number of hydrazone groups is 2. The van der Waals surface area contributed by atoms with E-state index in [0.717, 1.165) is 26.3 Å². The van der Waals surface area contributed by atoms with Crippen LogP contribution in [-0.2, 0) is 26.3 Å². The summed E-state index contributed by atoms with van der Waals surface area (Å²) in [6.45, 7) is 0. The molecule has 222 valence electrons. The van der Waals surface area contributed by atoms with Crippen LogP contribution >= 0.6 is 64.8 Å². The van der Waals surface area contributed by atoms with Crippen molar-refractivity contribution in [3.05, 3.63) is 92.6 Å². The molecule has 0 atom stereocenters. The van der Waals surface area contributed by atoms with E-state index >= 15 is 0 Å². The molecule has 0 aliphatic heterocycles. The van der Waals surface area contributed by atoms with E-state index in [1.165, 1.54) is 25.0 Å². The Morgan fingerprint density at radius 3 is 1.38 bits per heavy atom. The molecule has 0 unspecified atom stereocenters. The zero-order chi connectivity index (χ0) is 29.9. The first-order valence-electron chi connectivity index (χ1n) is 10.0. The van der Waals surface area contributed by atoms with Crippen molar-refractivity contribution in [1.82, 2.24) is 10.9 Å². The number of halogens is 4. The number of thiocarbonyl (C=S) groups is 2. The van der Waals surface area contributed by atoms with Crippen molar-refractivity contribution in [2.45, 2.75) is 0 Å². The van der Waals surface area contributed by atoms with Crippen molar-refractivity contribution < 1.29 is 35.1 Å². The standard InChI is InChI=1S/2C11H9N3O2S.4ClH.2Cu/c2*12-11(17)14-13-5-7-6-16-9-4-2-1-3-8(9)10(7)15;;;;;;/h2*1-6H,(H3,12,14,17);4*1H;;/q;;;;;;2*+2/p-4. The monoisotopic (exact) mass is 760 g/mol. The first-order valence-corrected chi connectivity index (χ1v) is 16.0. The van der Waals surface area contributed by atoms with Crippen molar-refractivity contribution in [2.75, 3.05) is 0 Å². The maximum absolute atomic E-state index is 12.0. The van der Waals surface area contributed by atoms with Gasteiger partial charge >= 0.3 is 66.7 Å². The van der Waals surface area contributed by atoms with Gasteiger partial charge in [0.15, 0.2) is 10.2 Å². The second-order valence-corrected chi connectivity index (χ2v) is 10.6. The minimum absolute atomic E-state index is 0.0337. The van der Waals surface area contributed by atoms with Crippen LogP contribution in [0.4, 0.5) is 0 Å². The number of nitrogens with two attached hydrogens (primary N) is 2. The van der Waals surface area contributed by atoms with Crippen LogP contribution in [0, 0.1) is 0 Å². The van der Waals surface area contributed by atoms with Crippen molar-refractivity contribution in [1.29, 1.82) is 0 Å². The van der Waals surface area contributed by atoms with Crippen molar-refractivity contribution in [2.24, 2.45) is 21.7 Å². The van der Waals surface area contributed by atoms with E-state index in [1.807, 2.05) is 0 Å². The number of hydrogen-bond donors (Lipinski definition) is 4. The molecule has 0 radical (unpaired) electrons. The summed E-state index contributed by atoms with van der Waals surface area (Å²) in [5, 5.41) is 8.50. The summed E-state index contributed by atoms with van der Waals surface area (Å²) >= 11 is 10.7. The first kappa shape index (κ1) is 35.8. The fraction of sp³-hybridized carbons (Fsp3) is 0. The number of nitrogens with zero attached hydrogens (tertiary/aromatic N) is 2. The van der Waals surface area contributed by atoms with Gasteiger partial charge in [-0.3, -0.25) is 20.4 Å². The average molecular weight is 763 g/mol. The number of nitrogens with one attached hydrogen (secondary N) is 2. The topological polar surface area (TPSA) is 161 Å². The van der Waals surface area contributed by atoms with Gasteiger partial charge in [-0.25, -0.2) is 0 Å². The predicted octanol–water partition coefficient (Wildman–Crippen LogP) is 4.67. The van der Waals surface area contributed by atoms with Crippen molar-refractivity contribution in [3.8, 4) is 0 Å². The molecule has 4 rings (SSSR count). The van der Waals surface area contributed by atoms with E-state index in [1.54, 1.807) is 48.5 Å². The van der Waals surface area contributed by atoms with Gasteiger partial charge in [0.2, 0.25) is 10.9 Å². The van der Waals surface area contributed by atoms with Crippen molar-refractivity contribution in [3.63, 3.8) is 0 Å². The fourth-order valence-corrected chi connectivity index (χ4v) is 2.80. The Morgan fingerprint density at radius 2 is 1.05 bits per heavy atom. The molecule has 18 heteroatoms. The summed E-state index contributed by atoms with van der Waals surface area (Å²) in [6, 6.07) is 14.0. The molecule has 0 aliphatic rings. The summed E-state index contributed by atoms with van der Waals surface area (Å²) in [5.74, 6) is 0. The van der Waals surface area contributed by atoms with E-state index in [0.29, 0.717) is 33.1 Å². The molecule has 2 aromatic heterocycles. The Hall–Kier alpha value is -2.22. The average Bonchev–Trinajstić information content (AvgIpc) is 2.92. The van der Waals surface area contributed by atoms with Crippen LogP contribution in [0.1, 0.15) is 11.1 Å². The molecular weight excluding hydrogens is 745 g/mol. The van der Waals surface area contributed by atoms with Gasteiger partial charge in [0.25, 0.3) is 0 Å². The van der Waals surface area contributed by atoms with Crippen molar-refractivity contribution >= 4 is 109 Å². The molecule has 40 heavy (non-hydrogen) atoms. The first-order chi connectivity index (χ1) is 19.2. The van der Waals surface area contributed by atoms with E-state index < -0.39 is 0 Å². The van der Waals surface area contributed by atoms with Crippen LogP contribution in [-0.4, -0.2) is 22.7 Å². The van der Waals surface area contributed by atoms with Gasteiger partial charge in [0.1, 0.15) is 23.7 Å². The third kappa shape index (κ3) is 13.0. The SMILES string of the molecule is NC(=S)NN=Cc1coc2ccccc2c1=O.NC(=S)NN=Cc1coc2ccccc2c1=O.[Cl][Cu][Cl].[Cl][Cu][Cl]. The number of rotatable bonds is 4. The molecule has 2 aromatic carbocycles. The van der Waals surface area contributed by atoms with E-state index in [9.17, 15) is 9.59 Å². The molecule has 0 aliphatic carbocycles. The molecule has 0 saturated carbocycles. The summed E-state index contributed by atoms with van der Waals surface area (Å²) in [7, 11) is 18.7. The van der Waals surface area contributed by atoms with Gasteiger partial charge in [0, 0.05) is 0 Å². The van der Waals surface area contributed by atoms with Gasteiger partial charge in [-0.2, -0.15) is 10.2 Å². The normalized spacial score (nSPS) is 10.3. The number of benzene rings is 2. The number of hydrogen-bond acceptors (Lipinski definition) is 8. The molecule has 4 aromatic rings. The third-order valence-electron chi connectivity index (χ3n) is 4.17. The Balaban J connectivity index is 0.000000335. The zero-order valence-corrected chi connectivity index (χ0v) is 26.1. The Morgan fingerprint density at radius 1 is 0.725 bits per heavy atom. The molecule has 6 N–H and O–H groups in total. The van der Waals surface area contributed by atoms with Crippen LogP contribution in [0.2, 0.25) is 0 Å². The molecular formula is C22H18Cl4Cu2N6O4S2. The Kier molecular flexibility index (Phi) is 18.5. The van der Waals surface area contributed by atoms with Gasteiger partial charge < -0.3 is 20.3 Å². The number of fused-ring (bicyclic) bond motifs is 2. The zero-order valence-electron chi connectivity index (χ0n) is 19.5. The quantitative estimate of drug-likeness (QED) is 0.0996. The summed E-state index contributed by atoms with van der Waals surface area (Å²) in [5.41, 5.74) is 16.5. The van der Waals surface area contributed by atoms with E-state index in [4.69, 9.17) is 20.3 Å². The summed E-state index contributed by atoms with van der Waals surface area (Å²) in [6.07, 6.45) is 5.32.